The van der Waals surface area contributed by atoms with Crippen molar-refractivity contribution in [3.8, 4) is 0 Å². The minimum atomic E-state index is 0.651. The van der Waals surface area contributed by atoms with Crippen LogP contribution >= 0.6 is 0 Å². The van der Waals surface area contributed by atoms with E-state index in [4.69, 9.17) is 0 Å². The molecular weight excluding hydrogens is 362 g/mol. The Morgan fingerprint density at radius 1 is 0.800 bits per heavy atom. The van der Waals surface area contributed by atoms with Gasteiger partial charge in [-0.15, -0.1) is 0 Å². The van der Waals surface area contributed by atoms with E-state index in [0.29, 0.717) is 10.8 Å². The number of hydrogen-bond donors (Lipinski definition) is 0. The Morgan fingerprint density at radius 3 is 2.20 bits per heavy atom. The fourth-order valence-corrected chi connectivity index (χ4v) is 9.73. The molecule has 0 amide bonds. The predicted octanol–water partition coefficient (Wildman–Crippen LogP) is 8.04. The Balaban J connectivity index is 1.45. The van der Waals surface area contributed by atoms with Gasteiger partial charge in [0.1, 0.15) is 0 Å². The lowest BCUT2D eigenvalue weighted by molar-refractivity contribution is -0.122. The summed E-state index contributed by atoms with van der Waals surface area (Å²) in [5, 5.41) is 0. The van der Waals surface area contributed by atoms with Gasteiger partial charge in [-0.1, -0.05) is 53.9 Å². The number of rotatable bonds is 6. The van der Waals surface area contributed by atoms with Crippen molar-refractivity contribution in [2.24, 2.45) is 52.3 Å². The van der Waals surface area contributed by atoms with E-state index in [-0.39, 0.29) is 0 Å². The second-order valence-electron chi connectivity index (χ2n) is 13.6. The monoisotopic (exact) mass is 415 g/mol. The van der Waals surface area contributed by atoms with Gasteiger partial charge in [-0.05, 0) is 124 Å². The summed E-state index contributed by atoms with van der Waals surface area (Å²) in [4.78, 5) is 2.52. The van der Waals surface area contributed by atoms with Crippen LogP contribution in [-0.2, 0) is 0 Å². The van der Waals surface area contributed by atoms with Crippen molar-refractivity contribution in [1.82, 2.24) is 4.90 Å². The summed E-state index contributed by atoms with van der Waals surface area (Å²) in [6.07, 6.45) is 18.0. The SMILES string of the molecule is CC(C)CCC[C@H](C)[C@H]1CC[C@H]2[C@@H]3CC[C@@H]4C[C@@H](N(C)C)CC[C@]4(C)[C@H]3CC[C@]12C. The van der Waals surface area contributed by atoms with Crippen LogP contribution in [0, 0.1) is 52.3 Å². The summed E-state index contributed by atoms with van der Waals surface area (Å²) < 4.78 is 0. The minimum absolute atomic E-state index is 0.651. The molecule has 0 aromatic rings. The van der Waals surface area contributed by atoms with E-state index in [1.54, 1.807) is 19.3 Å². The van der Waals surface area contributed by atoms with Gasteiger partial charge >= 0.3 is 0 Å². The van der Waals surface area contributed by atoms with Crippen LogP contribution in [0.4, 0.5) is 0 Å². The molecule has 30 heavy (non-hydrogen) atoms. The average molecular weight is 416 g/mol. The lowest BCUT2D eigenvalue weighted by atomic mass is 9.44. The summed E-state index contributed by atoms with van der Waals surface area (Å²) in [7, 11) is 4.62. The Labute approximate surface area is 189 Å². The van der Waals surface area contributed by atoms with E-state index in [9.17, 15) is 0 Å². The van der Waals surface area contributed by atoms with Crippen LogP contribution < -0.4 is 0 Å². The second-order valence-corrected chi connectivity index (χ2v) is 13.6. The van der Waals surface area contributed by atoms with Gasteiger partial charge < -0.3 is 4.90 Å². The third-order valence-electron chi connectivity index (χ3n) is 11.6. The summed E-state index contributed by atoms with van der Waals surface area (Å²) in [6, 6.07) is 0.844. The lowest BCUT2D eigenvalue weighted by Gasteiger charge is -2.61. The Kier molecular flexibility index (Phi) is 6.72. The molecule has 0 N–H and O–H groups in total. The molecule has 1 nitrogen and oxygen atoms in total. The van der Waals surface area contributed by atoms with Gasteiger partial charge in [0.15, 0.2) is 0 Å². The first-order chi connectivity index (χ1) is 14.2. The van der Waals surface area contributed by atoms with Gasteiger partial charge in [0.2, 0.25) is 0 Å². The molecule has 1 heteroatoms. The first-order valence-electron chi connectivity index (χ1n) is 13.8. The molecule has 0 heterocycles. The van der Waals surface area contributed by atoms with E-state index >= 15 is 0 Å². The minimum Gasteiger partial charge on any atom is -0.306 e. The molecule has 9 atom stereocenters. The Bertz CT molecular complexity index is 581. The topological polar surface area (TPSA) is 3.24 Å². The summed E-state index contributed by atoms with van der Waals surface area (Å²) in [5.74, 6) is 6.94. The van der Waals surface area contributed by atoms with E-state index in [1.807, 2.05) is 0 Å². The van der Waals surface area contributed by atoms with Crippen molar-refractivity contribution >= 4 is 0 Å². The Hall–Kier alpha value is -0.0400. The highest BCUT2D eigenvalue weighted by Gasteiger charge is 2.60. The zero-order chi connectivity index (χ0) is 21.7. The zero-order valence-corrected chi connectivity index (χ0v) is 21.6. The molecule has 4 aliphatic carbocycles. The molecule has 0 aromatic heterocycles. The second kappa shape index (κ2) is 8.72. The highest BCUT2D eigenvalue weighted by molar-refractivity contribution is 5.10. The van der Waals surface area contributed by atoms with E-state index in [1.165, 1.54) is 57.8 Å². The van der Waals surface area contributed by atoms with Crippen LogP contribution in [-0.4, -0.2) is 25.0 Å². The van der Waals surface area contributed by atoms with Crippen LogP contribution in [0.3, 0.4) is 0 Å². The fourth-order valence-electron chi connectivity index (χ4n) is 9.73. The average Bonchev–Trinajstić information content (AvgIpc) is 3.04. The zero-order valence-electron chi connectivity index (χ0n) is 21.6. The summed E-state index contributed by atoms with van der Waals surface area (Å²) >= 11 is 0. The van der Waals surface area contributed by atoms with Gasteiger partial charge in [-0.2, -0.15) is 0 Å². The summed E-state index contributed by atoms with van der Waals surface area (Å²) in [6.45, 7) is 12.9. The number of hydrogen-bond acceptors (Lipinski definition) is 1. The van der Waals surface area contributed by atoms with Crippen molar-refractivity contribution in [3.63, 3.8) is 0 Å². The molecule has 0 radical (unpaired) electrons. The molecule has 0 aromatic carbocycles. The third-order valence-corrected chi connectivity index (χ3v) is 11.6. The van der Waals surface area contributed by atoms with Crippen LogP contribution in [0.2, 0.25) is 0 Å². The maximum absolute atomic E-state index is 2.75. The molecule has 4 fully saturated rings. The van der Waals surface area contributed by atoms with Gasteiger partial charge in [0.25, 0.3) is 0 Å². The molecule has 0 bridgehead atoms. The molecule has 4 aliphatic rings. The first kappa shape index (κ1) is 23.1. The molecule has 4 rings (SSSR count). The largest absolute Gasteiger partial charge is 0.306 e. The first-order valence-corrected chi connectivity index (χ1v) is 13.8. The number of nitrogens with zero attached hydrogens (tertiary/aromatic N) is 1. The quantitative estimate of drug-likeness (QED) is 0.424. The third kappa shape index (κ3) is 3.92. The highest BCUT2D eigenvalue weighted by atomic mass is 15.1. The van der Waals surface area contributed by atoms with Crippen molar-refractivity contribution in [2.45, 2.75) is 118 Å². The molecule has 4 saturated carbocycles. The molecule has 174 valence electrons. The molecule has 0 aliphatic heterocycles. The van der Waals surface area contributed by atoms with E-state index in [2.05, 4.69) is 53.6 Å². The maximum atomic E-state index is 2.75. The molecule has 0 spiro atoms. The van der Waals surface area contributed by atoms with Crippen LogP contribution in [0.15, 0.2) is 0 Å². The number of fused-ring (bicyclic) bond motifs is 5. The van der Waals surface area contributed by atoms with Crippen molar-refractivity contribution in [2.75, 3.05) is 14.1 Å². The van der Waals surface area contributed by atoms with Gasteiger partial charge in [-0.3, -0.25) is 0 Å². The van der Waals surface area contributed by atoms with Crippen LogP contribution in [0.5, 0.6) is 0 Å². The molecular formula is C29H53N. The lowest BCUT2D eigenvalue weighted by Crippen LogP contribution is -2.55. The standard InChI is InChI=1S/C29H53N/c1-20(2)9-8-10-21(3)25-13-14-26-24-12-11-22-19-23(30(6)7)15-17-28(22,4)27(24)16-18-29(25,26)5/h20-27H,8-19H2,1-7H3/t21-,22+,23-,24-,25+,26-,27-,28-,29+/m0/s1. The van der Waals surface area contributed by atoms with Crippen molar-refractivity contribution < 1.29 is 0 Å². The summed E-state index contributed by atoms with van der Waals surface area (Å²) in [5.41, 5.74) is 1.31. The molecule has 0 saturated heterocycles. The van der Waals surface area contributed by atoms with Crippen molar-refractivity contribution in [1.29, 1.82) is 0 Å². The van der Waals surface area contributed by atoms with Crippen LogP contribution in [0.25, 0.3) is 0 Å². The Morgan fingerprint density at radius 2 is 1.50 bits per heavy atom. The van der Waals surface area contributed by atoms with Crippen LogP contribution in [0.1, 0.15) is 112 Å². The normalized spacial score (nSPS) is 47.1. The van der Waals surface area contributed by atoms with Gasteiger partial charge in [-0.25, -0.2) is 0 Å². The van der Waals surface area contributed by atoms with Gasteiger partial charge in [0.05, 0.1) is 0 Å². The van der Waals surface area contributed by atoms with Crippen molar-refractivity contribution in [3.05, 3.63) is 0 Å². The van der Waals surface area contributed by atoms with E-state index in [0.717, 1.165) is 47.5 Å². The maximum Gasteiger partial charge on any atom is 0.00922 e. The fraction of sp³-hybridized carbons (Fsp3) is 1.00. The van der Waals surface area contributed by atoms with E-state index < -0.39 is 0 Å². The molecule has 0 unspecified atom stereocenters. The smallest absolute Gasteiger partial charge is 0.00922 e. The predicted molar refractivity (Wildman–Crippen MR) is 131 cm³/mol. The van der Waals surface area contributed by atoms with Gasteiger partial charge in [0, 0.05) is 6.04 Å². The highest BCUT2D eigenvalue weighted by Crippen LogP contribution is 2.68.